The molecule has 1 aromatic rings. The van der Waals surface area contributed by atoms with E-state index in [9.17, 15) is 0 Å². The highest BCUT2D eigenvalue weighted by molar-refractivity contribution is 7.10. The van der Waals surface area contributed by atoms with Crippen LogP contribution in [0.5, 0.6) is 0 Å². The van der Waals surface area contributed by atoms with Crippen molar-refractivity contribution in [2.45, 2.75) is 6.54 Å². The van der Waals surface area contributed by atoms with Gasteiger partial charge in [-0.05, 0) is 6.07 Å². The molecule has 66 valence electrons. The zero-order valence-electron chi connectivity index (χ0n) is 6.44. The lowest BCUT2D eigenvalue weighted by Gasteiger charge is -1.99. The minimum atomic E-state index is 0.623. The summed E-state index contributed by atoms with van der Waals surface area (Å²) in [7, 11) is 0. The Balaban J connectivity index is 2.29. The van der Waals surface area contributed by atoms with Gasteiger partial charge in [0.15, 0.2) is 0 Å². The number of rotatable bonds is 4. The van der Waals surface area contributed by atoms with Gasteiger partial charge in [0.2, 0.25) is 0 Å². The Hall–Kier alpha value is -0.0200. The predicted octanol–water partition coefficient (Wildman–Crippen LogP) is 3.24. The van der Waals surface area contributed by atoms with Crippen LogP contribution in [0.25, 0.3) is 0 Å². The van der Waals surface area contributed by atoms with Crippen molar-refractivity contribution in [2.75, 3.05) is 6.54 Å². The molecule has 12 heavy (non-hydrogen) atoms. The summed E-state index contributed by atoms with van der Waals surface area (Å²) in [5, 5.41) is 6.46. The van der Waals surface area contributed by atoms with Gasteiger partial charge in [0, 0.05) is 28.4 Å². The zero-order valence-corrected chi connectivity index (χ0v) is 8.77. The van der Waals surface area contributed by atoms with Crippen LogP contribution in [-0.2, 0) is 6.54 Å². The largest absolute Gasteiger partial charge is 0.307 e. The fraction of sp³-hybridized carbons (Fsp3) is 0.250. The molecule has 1 nitrogen and oxygen atoms in total. The summed E-state index contributed by atoms with van der Waals surface area (Å²) in [6, 6.07) is 1.94. The van der Waals surface area contributed by atoms with Gasteiger partial charge in [-0.25, -0.2) is 0 Å². The number of hydrogen-bond acceptors (Lipinski definition) is 2. The van der Waals surface area contributed by atoms with Gasteiger partial charge in [-0.1, -0.05) is 29.8 Å². The third kappa shape index (κ3) is 3.59. The van der Waals surface area contributed by atoms with Crippen LogP contribution in [0.1, 0.15) is 4.88 Å². The molecule has 1 N–H and O–H groups in total. The molecule has 0 spiro atoms. The average Bonchev–Trinajstić information content (AvgIpc) is 2.35. The highest BCUT2D eigenvalue weighted by Crippen LogP contribution is 2.18. The predicted molar refractivity (Wildman–Crippen MR) is 56.0 cm³/mol. The van der Waals surface area contributed by atoms with E-state index < -0.39 is 0 Å². The molecule has 0 aliphatic carbocycles. The summed E-state index contributed by atoms with van der Waals surface area (Å²) in [5.41, 5.74) is 0. The maximum Gasteiger partial charge on any atom is 0.0516 e. The van der Waals surface area contributed by atoms with Crippen molar-refractivity contribution in [3.63, 3.8) is 0 Å². The van der Waals surface area contributed by atoms with Crippen LogP contribution in [0, 0.1) is 0 Å². The van der Waals surface area contributed by atoms with E-state index in [2.05, 4.69) is 11.9 Å². The molecular formula is C8H9Cl2NS. The van der Waals surface area contributed by atoms with Crippen LogP contribution in [0.4, 0.5) is 0 Å². The van der Waals surface area contributed by atoms with Crippen molar-refractivity contribution in [1.82, 2.24) is 5.32 Å². The van der Waals surface area contributed by atoms with E-state index in [0.717, 1.165) is 11.6 Å². The molecule has 1 aromatic heterocycles. The Morgan fingerprint density at radius 2 is 2.42 bits per heavy atom. The topological polar surface area (TPSA) is 12.0 Å². The Kier molecular flexibility index (Phi) is 4.09. The van der Waals surface area contributed by atoms with E-state index >= 15 is 0 Å². The van der Waals surface area contributed by atoms with Crippen molar-refractivity contribution in [3.8, 4) is 0 Å². The van der Waals surface area contributed by atoms with Gasteiger partial charge in [-0.3, -0.25) is 0 Å². The molecule has 0 radical (unpaired) electrons. The van der Waals surface area contributed by atoms with E-state index in [4.69, 9.17) is 23.2 Å². The van der Waals surface area contributed by atoms with Gasteiger partial charge in [0.05, 0.1) is 5.02 Å². The van der Waals surface area contributed by atoms with Crippen LogP contribution < -0.4 is 5.32 Å². The lowest BCUT2D eigenvalue weighted by molar-refractivity contribution is 0.765. The second kappa shape index (κ2) is 4.87. The summed E-state index contributed by atoms with van der Waals surface area (Å²) in [4.78, 5) is 1.21. The molecule has 0 aromatic carbocycles. The van der Waals surface area contributed by atoms with E-state index in [0.29, 0.717) is 11.6 Å². The number of hydrogen-bond donors (Lipinski definition) is 1. The van der Waals surface area contributed by atoms with Gasteiger partial charge in [0.1, 0.15) is 0 Å². The highest BCUT2D eigenvalue weighted by Gasteiger charge is 1.96. The summed E-state index contributed by atoms with van der Waals surface area (Å²) < 4.78 is 0. The molecule has 0 aliphatic rings. The first kappa shape index (κ1) is 10.1. The maximum absolute atomic E-state index is 5.74. The first-order valence-corrected chi connectivity index (χ1v) is 5.09. The van der Waals surface area contributed by atoms with Crippen LogP contribution in [0.3, 0.4) is 0 Å². The normalized spacial score (nSPS) is 10.2. The smallest absolute Gasteiger partial charge is 0.0516 e. The second-order valence-electron chi connectivity index (χ2n) is 2.35. The molecular weight excluding hydrogens is 213 g/mol. The molecule has 1 heterocycles. The van der Waals surface area contributed by atoms with E-state index in [-0.39, 0.29) is 0 Å². The molecule has 1 rings (SSSR count). The van der Waals surface area contributed by atoms with Gasteiger partial charge in [-0.2, -0.15) is 0 Å². The van der Waals surface area contributed by atoms with Crippen LogP contribution in [0.2, 0.25) is 5.02 Å². The van der Waals surface area contributed by atoms with Gasteiger partial charge in [0.25, 0.3) is 0 Å². The fourth-order valence-electron chi connectivity index (χ4n) is 0.768. The van der Waals surface area contributed by atoms with Gasteiger partial charge < -0.3 is 5.32 Å². The Labute approximate surface area is 86.0 Å². The van der Waals surface area contributed by atoms with E-state index in [1.807, 2.05) is 11.4 Å². The van der Waals surface area contributed by atoms with Crippen molar-refractivity contribution < 1.29 is 0 Å². The molecule has 0 saturated heterocycles. The summed E-state index contributed by atoms with van der Waals surface area (Å²) >= 11 is 12.9. The van der Waals surface area contributed by atoms with Crippen LogP contribution in [-0.4, -0.2) is 6.54 Å². The molecule has 0 unspecified atom stereocenters. The van der Waals surface area contributed by atoms with E-state index in [1.165, 1.54) is 4.88 Å². The Bertz CT molecular complexity index is 270. The van der Waals surface area contributed by atoms with Gasteiger partial charge >= 0.3 is 0 Å². The van der Waals surface area contributed by atoms with E-state index in [1.54, 1.807) is 11.3 Å². The van der Waals surface area contributed by atoms with Crippen molar-refractivity contribution in [1.29, 1.82) is 0 Å². The number of halogens is 2. The molecule has 0 saturated carbocycles. The lowest BCUT2D eigenvalue weighted by atomic mass is 10.4. The summed E-state index contributed by atoms with van der Waals surface area (Å²) in [6.45, 7) is 5.00. The summed E-state index contributed by atoms with van der Waals surface area (Å²) in [6.07, 6.45) is 0. The number of thiophene rings is 1. The molecule has 0 fully saturated rings. The monoisotopic (exact) mass is 221 g/mol. The SMILES string of the molecule is C=C(Cl)CNCc1cc(Cl)cs1. The Morgan fingerprint density at radius 3 is 2.92 bits per heavy atom. The number of nitrogens with one attached hydrogen (secondary N) is 1. The standard InChI is InChI=1S/C8H9Cl2NS/c1-6(9)3-11-4-8-2-7(10)5-12-8/h2,5,11H,1,3-4H2. The fourth-order valence-corrected chi connectivity index (χ4v) is 1.90. The first-order valence-electron chi connectivity index (χ1n) is 3.45. The third-order valence-electron chi connectivity index (χ3n) is 1.24. The van der Waals surface area contributed by atoms with Crippen molar-refractivity contribution >= 4 is 34.5 Å². The zero-order chi connectivity index (χ0) is 8.97. The second-order valence-corrected chi connectivity index (χ2v) is 4.32. The molecule has 0 bridgehead atoms. The molecule has 4 heteroatoms. The van der Waals surface area contributed by atoms with Crippen molar-refractivity contribution in [2.24, 2.45) is 0 Å². The third-order valence-corrected chi connectivity index (χ3v) is 2.66. The van der Waals surface area contributed by atoms with Crippen LogP contribution in [0.15, 0.2) is 23.1 Å². The minimum Gasteiger partial charge on any atom is -0.307 e. The quantitative estimate of drug-likeness (QED) is 0.824. The first-order chi connectivity index (χ1) is 5.68. The maximum atomic E-state index is 5.74. The van der Waals surface area contributed by atoms with Crippen LogP contribution >= 0.6 is 34.5 Å². The van der Waals surface area contributed by atoms with Gasteiger partial charge in [-0.15, -0.1) is 11.3 Å². The molecule has 0 amide bonds. The Morgan fingerprint density at radius 1 is 1.67 bits per heavy atom. The molecule has 0 atom stereocenters. The highest BCUT2D eigenvalue weighted by atomic mass is 35.5. The average molecular weight is 222 g/mol. The van der Waals surface area contributed by atoms with Crippen molar-refractivity contribution in [3.05, 3.63) is 33.0 Å². The summed E-state index contributed by atoms with van der Waals surface area (Å²) in [5.74, 6) is 0. The minimum absolute atomic E-state index is 0.623. The molecule has 0 aliphatic heterocycles. The lowest BCUT2D eigenvalue weighted by Crippen LogP contribution is -2.13.